The van der Waals surface area contributed by atoms with E-state index in [1.54, 1.807) is 9.80 Å². The molecule has 0 aromatic heterocycles. The Balaban J connectivity index is 1.53. The van der Waals surface area contributed by atoms with Crippen molar-refractivity contribution in [3.8, 4) is 0 Å². The largest absolute Gasteiger partial charge is 0.370 e. The molecule has 0 aliphatic carbocycles. The van der Waals surface area contributed by atoms with Gasteiger partial charge < -0.3 is 9.64 Å². The number of carbonyl (C=O) groups is 2. The highest BCUT2D eigenvalue weighted by molar-refractivity contribution is 6.31. The molecule has 2 unspecified atom stereocenters. The predicted octanol–water partition coefficient (Wildman–Crippen LogP) is 3.44. The molecule has 0 saturated carbocycles. The Hall–Kier alpha value is -2.37. The first-order valence-electron chi connectivity index (χ1n) is 9.17. The van der Waals surface area contributed by atoms with Crippen LogP contribution in [0, 0.1) is 0 Å². The van der Waals surface area contributed by atoms with Crippen LogP contribution in [-0.4, -0.2) is 42.5 Å². The summed E-state index contributed by atoms with van der Waals surface area (Å²) >= 11 is 6.30. The van der Waals surface area contributed by atoms with Crippen molar-refractivity contribution < 1.29 is 14.3 Å². The molecule has 0 bridgehead atoms. The van der Waals surface area contributed by atoms with Crippen LogP contribution in [-0.2, 0) is 14.3 Å². The highest BCUT2D eigenvalue weighted by atomic mass is 35.5. The number of anilines is 1. The predicted molar refractivity (Wildman–Crippen MR) is 104 cm³/mol. The number of amides is 2. The van der Waals surface area contributed by atoms with Gasteiger partial charge in [-0.1, -0.05) is 48.0 Å². The number of para-hydroxylation sites is 1. The van der Waals surface area contributed by atoms with Gasteiger partial charge in [-0.3, -0.25) is 14.5 Å². The van der Waals surface area contributed by atoms with Gasteiger partial charge in [0.2, 0.25) is 11.8 Å². The first-order valence-corrected chi connectivity index (χ1v) is 9.55. The summed E-state index contributed by atoms with van der Waals surface area (Å²) in [5, 5.41) is 0.638. The molecule has 0 radical (unpaired) electrons. The maximum absolute atomic E-state index is 13.2. The van der Waals surface area contributed by atoms with Crippen molar-refractivity contribution in [2.75, 3.05) is 24.6 Å². The highest BCUT2D eigenvalue weighted by Gasteiger charge is 2.40. The normalized spacial score (nSPS) is 22.9. The molecule has 2 fully saturated rings. The highest BCUT2D eigenvalue weighted by Crippen LogP contribution is 2.31. The summed E-state index contributed by atoms with van der Waals surface area (Å²) in [4.78, 5) is 29.1. The SMILES string of the molecule is O=C(C1CCC(=O)N1c1ccccc1)N1CCOC(c2ccccc2Cl)C1. The number of hydrogen-bond donors (Lipinski definition) is 0. The average molecular weight is 385 g/mol. The number of ether oxygens (including phenoxy) is 1. The van der Waals surface area contributed by atoms with E-state index in [-0.39, 0.29) is 17.9 Å². The van der Waals surface area contributed by atoms with E-state index in [0.717, 1.165) is 11.3 Å². The lowest BCUT2D eigenvalue weighted by molar-refractivity contribution is -0.140. The summed E-state index contributed by atoms with van der Waals surface area (Å²) in [6.45, 7) is 1.41. The standard InChI is InChI=1S/C21H21ClN2O3/c22-17-9-5-4-8-16(17)19-14-23(12-13-27-19)21(26)18-10-11-20(25)24(18)15-6-2-1-3-7-15/h1-9,18-19H,10-14H2. The van der Waals surface area contributed by atoms with Gasteiger partial charge >= 0.3 is 0 Å². The van der Waals surface area contributed by atoms with Crippen LogP contribution in [0.1, 0.15) is 24.5 Å². The van der Waals surface area contributed by atoms with Crippen LogP contribution in [0.5, 0.6) is 0 Å². The Morgan fingerprint density at radius 3 is 2.59 bits per heavy atom. The number of morpholine rings is 1. The van der Waals surface area contributed by atoms with Gasteiger partial charge in [0.05, 0.1) is 13.2 Å². The molecule has 0 N–H and O–H groups in total. The van der Waals surface area contributed by atoms with Gasteiger partial charge in [-0.25, -0.2) is 0 Å². The minimum absolute atomic E-state index is 0.00420. The smallest absolute Gasteiger partial charge is 0.245 e. The van der Waals surface area contributed by atoms with Gasteiger partial charge in [0.25, 0.3) is 0 Å². The van der Waals surface area contributed by atoms with Gasteiger partial charge in [-0.2, -0.15) is 0 Å². The molecule has 2 aromatic carbocycles. The first-order chi connectivity index (χ1) is 13.1. The summed E-state index contributed by atoms with van der Waals surface area (Å²) in [6, 6.07) is 16.5. The molecule has 5 nitrogen and oxygen atoms in total. The number of carbonyl (C=O) groups excluding carboxylic acids is 2. The Morgan fingerprint density at radius 2 is 1.81 bits per heavy atom. The number of hydrogen-bond acceptors (Lipinski definition) is 3. The van der Waals surface area contributed by atoms with Gasteiger partial charge in [-0.15, -0.1) is 0 Å². The molecule has 6 heteroatoms. The second kappa shape index (κ2) is 7.71. The number of halogens is 1. The molecule has 0 spiro atoms. The van der Waals surface area contributed by atoms with Crippen molar-refractivity contribution in [1.82, 2.24) is 4.90 Å². The molecule has 2 aliphatic heterocycles. The van der Waals surface area contributed by atoms with E-state index in [9.17, 15) is 9.59 Å². The lowest BCUT2D eigenvalue weighted by Crippen LogP contribution is -2.51. The van der Waals surface area contributed by atoms with E-state index in [0.29, 0.717) is 37.6 Å². The zero-order valence-electron chi connectivity index (χ0n) is 14.9. The van der Waals surface area contributed by atoms with Crippen molar-refractivity contribution >= 4 is 29.1 Å². The Kier molecular flexibility index (Phi) is 5.14. The van der Waals surface area contributed by atoms with Crippen molar-refractivity contribution in [3.05, 3.63) is 65.2 Å². The van der Waals surface area contributed by atoms with Crippen LogP contribution in [0.3, 0.4) is 0 Å². The van der Waals surface area contributed by atoms with E-state index in [2.05, 4.69) is 0 Å². The van der Waals surface area contributed by atoms with Gasteiger partial charge in [0.1, 0.15) is 12.1 Å². The summed E-state index contributed by atoms with van der Waals surface area (Å²) in [5.41, 5.74) is 1.66. The Bertz CT molecular complexity index is 842. The minimum Gasteiger partial charge on any atom is -0.370 e. The molecule has 140 valence electrons. The molecular formula is C21H21ClN2O3. The first kappa shape index (κ1) is 18.0. The second-order valence-electron chi connectivity index (χ2n) is 6.82. The zero-order valence-corrected chi connectivity index (χ0v) is 15.6. The molecular weight excluding hydrogens is 364 g/mol. The molecule has 2 saturated heterocycles. The van der Waals surface area contributed by atoms with E-state index in [1.807, 2.05) is 54.6 Å². The fourth-order valence-corrected chi connectivity index (χ4v) is 4.07. The third kappa shape index (κ3) is 3.57. The van der Waals surface area contributed by atoms with Crippen molar-refractivity contribution in [1.29, 1.82) is 0 Å². The molecule has 2 aliphatic rings. The topological polar surface area (TPSA) is 49.9 Å². The summed E-state index contributed by atoms with van der Waals surface area (Å²) in [6.07, 6.45) is 0.684. The third-order valence-electron chi connectivity index (χ3n) is 5.16. The summed E-state index contributed by atoms with van der Waals surface area (Å²) in [5.74, 6) is -0.0273. The molecule has 2 atom stereocenters. The molecule has 2 aromatic rings. The van der Waals surface area contributed by atoms with Crippen LogP contribution in [0.2, 0.25) is 5.02 Å². The second-order valence-corrected chi connectivity index (χ2v) is 7.23. The zero-order chi connectivity index (χ0) is 18.8. The Morgan fingerprint density at radius 1 is 1.07 bits per heavy atom. The number of rotatable bonds is 3. The van der Waals surface area contributed by atoms with Crippen molar-refractivity contribution in [2.24, 2.45) is 0 Å². The van der Waals surface area contributed by atoms with Crippen molar-refractivity contribution in [3.63, 3.8) is 0 Å². The van der Waals surface area contributed by atoms with Gasteiger partial charge in [0.15, 0.2) is 0 Å². The van der Waals surface area contributed by atoms with Crippen LogP contribution in [0.25, 0.3) is 0 Å². The van der Waals surface area contributed by atoms with Gasteiger partial charge in [0, 0.05) is 29.2 Å². The maximum atomic E-state index is 13.2. The number of benzene rings is 2. The summed E-state index contributed by atoms with van der Waals surface area (Å²) in [7, 11) is 0. The molecule has 2 heterocycles. The Labute approximate surface area is 163 Å². The monoisotopic (exact) mass is 384 g/mol. The lowest BCUT2D eigenvalue weighted by Gasteiger charge is -2.36. The van der Waals surface area contributed by atoms with Crippen molar-refractivity contribution in [2.45, 2.75) is 25.0 Å². The van der Waals surface area contributed by atoms with E-state index < -0.39 is 6.04 Å². The molecule has 27 heavy (non-hydrogen) atoms. The van der Waals surface area contributed by atoms with E-state index in [1.165, 1.54) is 0 Å². The average Bonchev–Trinajstić information content (AvgIpc) is 3.10. The summed E-state index contributed by atoms with van der Waals surface area (Å²) < 4.78 is 5.86. The fraction of sp³-hybridized carbons (Fsp3) is 0.333. The van der Waals surface area contributed by atoms with Crippen LogP contribution in [0.15, 0.2) is 54.6 Å². The van der Waals surface area contributed by atoms with E-state index in [4.69, 9.17) is 16.3 Å². The number of nitrogens with zero attached hydrogens (tertiary/aromatic N) is 2. The van der Waals surface area contributed by atoms with Crippen LogP contribution < -0.4 is 4.90 Å². The van der Waals surface area contributed by atoms with E-state index >= 15 is 0 Å². The fourth-order valence-electron chi connectivity index (χ4n) is 3.81. The third-order valence-corrected chi connectivity index (χ3v) is 5.51. The minimum atomic E-state index is -0.454. The van der Waals surface area contributed by atoms with Crippen LogP contribution >= 0.6 is 11.6 Å². The maximum Gasteiger partial charge on any atom is 0.245 e. The quantitative estimate of drug-likeness (QED) is 0.814. The molecule has 4 rings (SSSR count). The lowest BCUT2D eigenvalue weighted by atomic mass is 10.1. The van der Waals surface area contributed by atoms with Gasteiger partial charge in [-0.05, 0) is 24.6 Å². The van der Waals surface area contributed by atoms with Crippen LogP contribution in [0.4, 0.5) is 5.69 Å². The molecule has 2 amide bonds.